The molecular formula is C18H19N5O5P+. The van der Waals surface area contributed by atoms with E-state index in [9.17, 15) is 14.5 Å². The van der Waals surface area contributed by atoms with Gasteiger partial charge in [0.25, 0.3) is 5.56 Å². The van der Waals surface area contributed by atoms with Gasteiger partial charge in [-0.15, -0.1) is 4.52 Å². The zero-order valence-corrected chi connectivity index (χ0v) is 16.2. The van der Waals surface area contributed by atoms with E-state index in [1.165, 1.54) is 6.33 Å². The predicted octanol–water partition coefficient (Wildman–Crippen LogP) is 1.93. The fourth-order valence-corrected chi connectivity index (χ4v) is 4.08. The van der Waals surface area contributed by atoms with Gasteiger partial charge in [-0.25, -0.2) is 9.51 Å². The van der Waals surface area contributed by atoms with Crippen LogP contribution in [-0.2, 0) is 9.09 Å². The molecule has 4 rings (SSSR count). The molecular weight excluding hydrogens is 397 g/mol. The number of aromatic nitrogens is 4. The van der Waals surface area contributed by atoms with Crippen LogP contribution in [0.1, 0.15) is 12.5 Å². The highest BCUT2D eigenvalue weighted by atomic mass is 31.1. The smallest absolute Gasteiger partial charge is 0.392 e. The van der Waals surface area contributed by atoms with Crippen LogP contribution < -0.4 is 15.8 Å². The van der Waals surface area contributed by atoms with Gasteiger partial charge in [0.1, 0.15) is 6.61 Å². The standard InChI is InChI=1S/C18H18N5O5P/c1-10-12(8-27-29(26)28-11-5-3-2-4-6-11)14(24)7-13(10)23-9-20-15-16(23)21-18(19)22-17(15)25/h2-6,9,12-14,24H,1,7-8H2,(H2-,19,21,22,25)/p+1/t12-,13-,14-/m0/s1. The second-order valence-corrected chi connectivity index (χ2v) is 7.59. The van der Waals surface area contributed by atoms with Gasteiger partial charge in [-0.05, 0) is 24.1 Å². The molecule has 0 bridgehead atoms. The summed E-state index contributed by atoms with van der Waals surface area (Å²) in [6.45, 7) is 4.04. The maximum atomic E-state index is 12.1. The second-order valence-electron chi connectivity index (χ2n) is 6.70. The van der Waals surface area contributed by atoms with Crippen LogP contribution >= 0.6 is 8.25 Å². The number of nitrogens with two attached hydrogens (primary N) is 1. The molecule has 1 aliphatic rings. The Morgan fingerprint density at radius 3 is 2.90 bits per heavy atom. The van der Waals surface area contributed by atoms with E-state index in [2.05, 4.69) is 21.5 Å². The molecule has 150 valence electrons. The number of imidazole rings is 1. The number of para-hydroxylation sites is 1. The number of nitrogen functional groups attached to an aromatic ring is 1. The molecule has 1 aliphatic carbocycles. The van der Waals surface area contributed by atoms with E-state index in [1.807, 2.05) is 6.07 Å². The lowest BCUT2D eigenvalue weighted by molar-refractivity contribution is 0.107. The Hall–Kier alpha value is -3.07. The number of hydrogen-bond acceptors (Lipinski definition) is 8. The number of hydrogen-bond donors (Lipinski definition) is 3. The number of H-pyrrole nitrogens is 1. The highest BCUT2D eigenvalue weighted by Gasteiger charge is 2.40. The molecule has 2 aromatic heterocycles. The van der Waals surface area contributed by atoms with E-state index in [0.29, 0.717) is 23.4 Å². The molecule has 3 aromatic rings. The molecule has 1 saturated carbocycles. The Labute approximate surface area is 166 Å². The molecule has 4 N–H and O–H groups in total. The molecule has 10 nitrogen and oxygen atoms in total. The van der Waals surface area contributed by atoms with Crippen molar-refractivity contribution in [3.05, 3.63) is 59.2 Å². The number of aliphatic hydroxyl groups excluding tert-OH is 1. The molecule has 0 aliphatic heterocycles. The van der Waals surface area contributed by atoms with Crippen molar-refractivity contribution in [1.82, 2.24) is 19.5 Å². The number of fused-ring (bicyclic) bond motifs is 1. The van der Waals surface area contributed by atoms with E-state index in [4.69, 9.17) is 14.8 Å². The van der Waals surface area contributed by atoms with Gasteiger partial charge in [0.05, 0.1) is 18.5 Å². The van der Waals surface area contributed by atoms with Crippen molar-refractivity contribution < 1.29 is 18.7 Å². The summed E-state index contributed by atoms with van der Waals surface area (Å²) >= 11 is 0. The molecule has 4 atom stereocenters. The number of anilines is 1. The Balaban J connectivity index is 1.47. The van der Waals surface area contributed by atoms with Crippen LogP contribution in [0.15, 0.2) is 53.6 Å². The van der Waals surface area contributed by atoms with Crippen LogP contribution in [0.25, 0.3) is 11.2 Å². The van der Waals surface area contributed by atoms with Crippen LogP contribution in [0.2, 0.25) is 0 Å². The van der Waals surface area contributed by atoms with Gasteiger partial charge in [-0.3, -0.25) is 9.78 Å². The van der Waals surface area contributed by atoms with Crippen molar-refractivity contribution in [3.63, 3.8) is 0 Å². The summed E-state index contributed by atoms with van der Waals surface area (Å²) in [6.07, 6.45) is 1.02. The van der Waals surface area contributed by atoms with Crippen molar-refractivity contribution in [1.29, 1.82) is 0 Å². The summed E-state index contributed by atoms with van der Waals surface area (Å²) < 4.78 is 24.3. The molecule has 11 heteroatoms. The number of benzene rings is 1. The minimum absolute atomic E-state index is 0.0247. The molecule has 1 fully saturated rings. The Morgan fingerprint density at radius 2 is 2.14 bits per heavy atom. The summed E-state index contributed by atoms with van der Waals surface area (Å²) in [5.41, 5.74) is 6.32. The summed E-state index contributed by atoms with van der Waals surface area (Å²) in [5, 5.41) is 10.5. The maximum absolute atomic E-state index is 12.1. The van der Waals surface area contributed by atoms with Gasteiger partial charge >= 0.3 is 8.25 Å². The van der Waals surface area contributed by atoms with Crippen LogP contribution in [0.4, 0.5) is 5.95 Å². The molecule has 0 amide bonds. The predicted molar refractivity (Wildman–Crippen MR) is 105 cm³/mol. The summed E-state index contributed by atoms with van der Waals surface area (Å²) in [4.78, 5) is 22.6. The first-order valence-electron chi connectivity index (χ1n) is 8.86. The summed E-state index contributed by atoms with van der Waals surface area (Å²) in [7, 11) is -2.40. The zero-order valence-electron chi connectivity index (χ0n) is 15.3. The van der Waals surface area contributed by atoms with E-state index in [-0.39, 0.29) is 24.1 Å². The van der Waals surface area contributed by atoms with E-state index in [0.717, 1.165) is 0 Å². The van der Waals surface area contributed by atoms with Crippen molar-refractivity contribution >= 4 is 25.4 Å². The largest absolute Gasteiger partial charge is 0.750 e. The second kappa shape index (κ2) is 7.75. The van der Waals surface area contributed by atoms with Crippen LogP contribution in [0.3, 0.4) is 0 Å². The lowest BCUT2D eigenvalue weighted by Crippen LogP contribution is -2.18. The van der Waals surface area contributed by atoms with Gasteiger partial charge in [-0.1, -0.05) is 24.8 Å². The Morgan fingerprint density at radius 1 is 1.38 bits per heavy atom. The highest BCUT2D eigenvalue weighted by Crippen LogP contribution is 2.41. The number of aliphatic hydroxyl groups is 1. The third-order valence-electron chi connectivity index (χ3n) is 4.90. The first kappa shape index (κ1) is 19.3. The van der Waals surface area contributed by atoms with Crippen molar-refractivity contribution in [2.45, 2.75) is 18.6 Å². The molecule has 0 saturated heterocycles. The van der Waals surface area contributed by atoms with E-state index < -0.39 is 25.8 Å². The van der Waals surface area contributed by atoms with Gasteiger partial charge in [-0.2, -0.15) is 4.98 Å². The summed E-state index contributed by atoms with van der Waals surface area (Å²) in [5.74, 6) is -0.0606. The monoisotopic (exact) mass is 416 g/mol. The van der Waals surface area contributed by atoms with Crippen molar-refractivity contribution in [2.24, 2.45) is 5.92 Å². The molecule has 29 heavy (non-hydrogen) atoms. The van der Waals surface area contributed by atoms with Crippen LogP contribution in [-0.4, -0.2) is 37.3 Å². The first-order chi connectivity index (χ1) is 13.9. The third-order valence-corrected chi connectivity index (χ3v) is 5.62. The molecule has 1 aromatic carbocycles. The normalized spacial score (nSPS) is 22.2. The average Bonchev–Trinajstić information content (AvgIpc) is 3.22. The first-order valence-corrected chi connectivity index (χ1v) is 9.96. The average molecular weight is 416 g/mol. The van der Waals surface area contributed by atoms with E-state index >= 15 is 0 Å². The quantitative estimate of drug-likeness (QED) is 0.408. The minimum Gasteiger partial charge on any atom is -0.392 e. The number of nitrogens with zero attached hydrogens (tertiary/aromatic N) is 3. The van der Waals surface area contributed by atoms with Gasteiger partial charge in [0.2, 0.25) is 5.95 Å². The third kappa shape index (κ3) is 3.77. The molecule has 2 heterocycles. The topological polar surface area (TPSA) is 145 Å². The Bertz CT molecular complexity index is 1130. The van der Waals surface area contributed by atoms with E-state index in [1.54, 1.807) is 28.8 Å². The number of nitrogens with one attached hydrogen (secondary N) is 1. The van der Waals surface area contributed by atoms with Gasteiger partial charge < -0.3 is 15.4 Å². The molecule has 0 radical (unpaired) electrons. The van der Waals surface area contributed by atoms with Crippen molar-refractivity contribution in [2.75, 3.05) is 12.3 Å². The highest BCUT2D eigenvalue weighted by molar-refractivity contribution is 7.33. The number of rotatable bonds is 6. The lowest BCUT2D eigenvalue weighted by atomic mass is 10.0. The molecule has 0 spiro atoms. The van der Waals surface area contributed by atoms with Gasteiger partial charge in [0, 0.05) is 10.5 Å². The zero-order chi connectivity index (χ0) is 20.5. The van der Waals surface area contributed by atoms with Crippen LogP contribution in [0.5, 0.6) is 5.75 Å². The summed E-state index contributed by atoms with van der Waals surface area (Å²) in [6, 6.07) is 8.31. The van der Waals surface area contributed by atoms with Gasteiger partial charge in [0.15, 0.2) is 16.9 Å². The number of aromatic amines is 1. The molecule has 1 unspecified atom stereocenters. The van der Waals surface area contributed by atoms with Crippen LogP contribution in [0, 0.1) is 5.92 Å². The van der Waals surface area contributed by atoms with Crippen molar-refractivity contribution in [3.8, 4) is 5.75 Å². The lowest BCUT2D eigenvalue weighted by Gasteiger charge is -2.15. The fourth-order valence-electron chi connectivity index (χ4n) is 3.46. The fraction of sp³-hybridized carbons (Fsp3) is 0.278. The Kier molecular flexibility index (Phi) is 5.14. The maximum Gasteiger partial charge on any atom is 0.750 e. The minimum atomic E-state index is -2.40. The SMILES string of the molecule is C=C1[C@H](CO[P+](=O)Oc2ccccc2)[C@@H](O)C[C@@H]1n1cnc2c(=O)[nH]c(N)nc21.